The molecule has 120 valence electrons. The van der Waals surface area contributed by atoms with Crippen molar-refractivity contribution >= 4 is 12.1 Å². The summed E-state index contributed by atoms with van der Waals surface area (Å²) in [5.41, 5.74) is 4.46. The fourth-order valence-corrected chi connectivity index (χ4v) is 1.88. The van der Waals surface area contributed by atoms with Gasteiger partial charge in [-0.05, 0) is 29.2 Å². The Balaban J connectivity index is 1.80. The fraction of sp³-hybridized carbons (Fsp3) is 0.222. The Bertz CT molecular complexity index is 682. The van der Waals surface area contributed by atoms with Crippen molar-refractivity contribution in [2.75, 3.05) is 6.61 Å². The van der Waals surface area contributed by atoms with E-state index in [1.54, 1.807) is 18.3 Å². The first kappa shape index (κ1) is 16.7. The molecule has 0 aliphatic rings. The lowest BCUT2D eigenvalue weighted by atomic mass is 10.0. The number of hydrazone groups is 1. The highest BCUT2D eigenvalue weighted by molar-refractivity contribution is 5.82. The Morgan fingerprint density at radius 2 is 1.91 bits per heavy atom. The van der Waals surface area contributed by atoms with Gasteiger partial charge >= 0.3 is 0 Å². The monoisotopic (exact) mass is 314 g/mol. The molecule has 0 saturated carbocycles. The summed E-state index contributed by atoms with van der Waals surface area (Å²) in [5.74, 6) is -0.454. The zero-order valence-electron chi connectivity index (χ0n) is 13.1. The molecule has 0 aromatic heterocycles. The third-order valence-corrected chi connectivity index (χ3v) is 3.20. The van der Waals surface area contributed by atoms with Crippen molar-refractivity contribution in [3.63, 3.8) is 0 Å². The molecule has 1 N–H and O–H groups in total. The molecule has 2 aromatic carbocycles. The van der Waals surface area contributed by atoms with Crippen LogP contribution in [0.1, 0.15) is 30.9 Å². The van der Waals surface area contributed by atoms with Crippen molar-refractivity contribution in [1.82, 2.24) is 5.43 Å². The summed E-state index contributed by atoms with van der Waals surface area (Å²) >= 11 is 0. The van der Waals surface area contributed by atoms with Gasteiger partial charge in [-0.15, -0.1) is 0 Å². The summed E-state index contributed by atoms with van der Waals surface area (Å²) in [4.78, 5) is 11.6. The number of carbonyl (C=O) groups excluding carboxylic acids is 1. The van der Waals surface area contributed by atoms with Gasteiger partial charge in [-0.2, -0.15) is 5.10 Å². The summed E-state index contributed by atoms with van der Waals surface area (Å²) in [5, 5.41) is 3.85. The molecule has 0 heterocycles. The summed E-state index contributed by atoms with van der Waals surface area (Å²) in [6, 6.07) is 13.8. The van der Waals surface area contributed by atoms with Crippen LogP contribution in [0.25, 0.3) is 0 Å². The van der Waals surface area contributed by atoms with Crippen molar-refractivity contribution < 1.29 is 13.9 Å². The molecule has 0 unspecified atom stereocenters. The average Bonchev–Trinajstić information content (AvgIpc) is 2.54. The van der Waals surface area contributed by atoms with E-state index in [2.05, 4.69) is 24.4 Å². The first-order valence-corrected chi connectivity index (χ1v) is 7.35. The molecule has 1 amide bonds. The maximum absolute atomic E-state index is 13.3. The summed E-state index contributed by atoms with van der Waals surface area (Å²) in [7, 11) is 0. The minimum absolute atomic E-state index is 0.0379. The molecule has 0 bridgehead atoms. The largest absolute Gasteiger partial charge is 0.481 e. The van der Waals surface area contributed by atoms with E-state index in [-0.39, 0.29) is 12.4 Å². The Kier molecular flexibility index (Phi) is 5.86. The molecule has 0 saturated heterocycles. The number of hydrogen-bond acceptors (Lipinski definition) is 3. The van der Waals surface area contributed by atoms with Crippen molar-refractivity contribution in [3.8, 4) is 5.75 Å². The Labute approximate surface area is 135 Å². The second-order valence-electron chi connectivity index (χ2n) is 5.33. The van der Waals surface area contributed by atoms with Crippen LogP contribution in [-0.4, -0.2) is 18.7 Å². The second kappa shape index (κ2) is 8.08. The van der Waals surface area contributed by atoms with Crippen LogP contribution in [-0.2, 0) is 4.79 Å². The smallest absolute Gasteiger partial charge is 0.277 e. The van der Waals surface area contributed by atoms with Gasteiger partial charge in [-0.25, -0.2) is 9.82 Å². The first-order chi connectivity index (χ1) is 11.1. The number of rotatable bonds is 6. The van der Waals surface area contributed by atoms with Gasteiger partial charge < -0.3 is 4.74 Å². The standard InChI is InChI=1S/C18H19FN2O2/c1-13(2)15-9-7-14(8-10-15)11-20-21-18(22)12-23-17-6-4-3-5-16(17)19/h3-11,13H,12H2,1-2H3,(H,21,22)/b20-11+. The number of amides is 1. The number of halogens is 1. The lowest BCUT2D eigenvalue weighted by molar-refractivity contribution is -0.123. The summed E-state index contributed by atoms with van der Waals surface area (Å²) in [6.45, 7) is 3.95. The molecule has 2 aromatic rings. The number of nitrogens with zero attached hydrogens (tertiary/aromatic N) is 1. The van der Waals surface area contributed by atoms with E-state index >= 15 is 0 Å². The van der Waals surface area contributed by atoms with E-state index < -0.39 is 11.7 Å². The average molecular weight is 314 g/mol. The minimum atomic E-state index is -0.506. The Morgan fingerprint density at radius 1 is 1.22 bits per heavy atom. The number of carbonyl (C=O) groups is 1. The van der Waals surface area contributed by atoms with Gasteiger partial charge in [-0.3, -0.25) is 4.79 Å². The van der Waals surface area contributed by atoms with Crippen molar-refractivity contribution in [2.24, 2.45) is 5.10 Å². The molecular formula is C18H19FN2O2. The van der Waals surface area contributed by atoms with Gasteiger partial charge in [0.2, 0.25) is 0 Å². The SMILES string of the molecule is CC(C)c1ccc(/C=N/NC(=O)COc2ccccc2F)cc1. The van der Waals surface area contributed by atoms with E-state index in [4.69, 9.17) is 4.74 Å². The first-order valence-electron chi connectivity index (χ1n) is 7.35. The quantitative estimate of drug-likeness (QED) is 0.655. The van der Waals surface area contributed by atoms with E-state index in [1.807, 2.05) is 24.3 Å². The summed E-state index contributed by atoms with van der Waals surface area (Å²) in [6.07, 6.45) is 1.55. The van der Waals surface area contributed by atoms with Crippen molar-refractivity contribution in [2.45, 2.75) is 19.8 Å². The second-order valence-corrected chi connectivity index (χ2v) is 5.33. The van der Waals surface area contributed by atoms with Crippen LogP contribution in [0.15, 0.2) is 53.6 Å². The predicted octanol–water partition coefficient (Wildman–Crippen LogP) is 3.48. The number of hydrogen-bond donors (Lipinski definition) is 1. The minimum Gasteiger partial charge on any atom is -0.481 e. The molecule has 0 aliphatic carbocycles. The van der Waals surface area contributed by atoms with Gasteiger partial charge in [0, 0.05) is 0 Å². The highest BCUT2D eigenvalue weighted by Crippen LogP contribution is 2.15. The van der Waals surface area contributed by atoms with E-state index in [0.29, 0.717) is 5.92 Å². The maximum Gasteiger partial charge on any atom is 0.277 e. The fourth-order valence-electron chi connectivity index (χ4n) is 1.88. The van der Waals surface area contributed by atoms with Crippen LogP contribution in [0.5, 0.6) is 5.75 Å². The molecule has 4 nitrogen and oxygen atoms in total. The van der Waals surface area contributed by atoms with Crippen LogP contribution in [0.3, 0.4) is 0 Å². The molecular weight excluding hydrogens is 295 g/mol. The molecule has 0 atom stereocenters. The van der Waals surface area contributed by atoms with Gasteiger partial charge in [0.15, 0.2) is 18.2 Å². The zero-order valence-corrected chi connectivity index (χ0v) is 13.1. The van der Waals surface area contributed by atoms with Crippen LogP contribution in [0.2, 0.25) is 0 Å². The lowest BCUT2D eigenvalue weighted by Gasteiger charge is -2.06. The number of benzene rings is 2. The van der Waals surface area contributed by atoms with Crippen LogP contribution in [0.4, 0.5) is 4.39 Å². The molecule has 0 fully saturated rings. The zero-order chi connectivity index (χ0) is 16.7. The molecule has 0 aliphatic heterocycles. The Hall–Kier alpha value is -2.69. The normalized spacial score (nSPS) is 11.0. The van der Waals surface area contributed by atoms with Crippen LogP contribution >= 0.6 is 0 Å². The van der Waals surface area contributed by atoms with E-state index in [1.165, 1.54) is 17.7 Å². The maximum atomic E-state index is 13.3. The van der Waals surface area contributed by atoms with Crippen molar-refractivity contribution in [3.05, 3.63) is 65.5 Å². The number of ether oxygens (including phenoxy) is 1. The van der Waals surface area contributed by atoms with Gasteiger partial charge in [-0.1, -0.05) is 50.2 Å². The highest BCUT2D eigenvalue weighted by atomic mass is 19.1. The number of nitrogens with one attached hydrogen (secondary N) is 1. The van der Waals surface area contributed by atoms with Gasteiger partial charge in [0.1, 0.15) is 0 Å². The highest BCUT2D eigenvalue weighted by Gasteiger charge is 2.05. The molecule has 0 spiro atoms. The van der Waals surface area contributed by atoms with Crippen LogP contribution < -0.4 is 10.2 Å². The third kappa shape index (κ3) is 5.21. The van der Waals surface area contributed by atoms with Crippen molar-refractivity contribution in [1.29, 1.82) is 0 Å². The third-order valence-electron chi connectivity index (χ3n) is 3.20. The van der Waals surface area contributed by atoms with Crippen LogP contribution in [0, 0.1) is 5.82 Å². The van der Waals surface area contributed by atoms with Gasteiger partial charge in [0.25, 0.3) is 5.91 Å². The molecule has 5 heteroatoms. The van der Waals surface area contributed by atoms with E-state index in [9.17, 15) is 9.18 Å². The van der Waals surface area contributed by atoms with E-state index in [0.717, 1.165) is 5.56 Å². The Morgan fingerprint density at radius 3 is 2.57 bits per heavy atom. The number of para-hydroxylation sites is 1. The molecule has 0 radical (unpaired) electrons. The topological polar surface area (TPSA) is 50.7 Å². The predicted molar refractivity (Wildman–Crippen MR) is 88.2 cm³/mol. The molecule has 2 rings (SSSR count). The lowest BCUT2D eigenvalue weighted by Crippen LogP contribution is -2.24. The van der Waals surface area contributed by atoms with Gasteiger partial charge in [0.05, 0.1) is 6.21 Å². The summed E-state index contributed by atoms with van der Waals surface area (Å²) < 4.78 is 18.4. The molecule has 23 heavy (non-hydrogen) atoms.